The van der Waals surface area contributed by atoms with E-state index in [9.17, 15) is 9.59 Å². The maximum absolute atomic E-state index is 12.8. The van der Waals surface area contributed by atoms with Crippen molar-refractivity contribution in [3.8, 4) is 0 Å². The molecule has 2 aromatic carbocycles. The molecular weight excluding hydrogens is 374 g/mol. The van der Waals surface area contributed by atoms with Gasteiger partial charge in [0, 0.05) is 12.8 Å². The maximum Gasteiger partial charge on any atom is 0.262 e. The number of methoxy groups -OCH3 is 1. The second-order valence-electron chi connectivity index (χ2n) is 6.25. The van der Waals surface area contributed by atoms with E-state index in [1.165, 1.54) is 17.3 Å². The smallest absolute Gasteiger partial charge is 0.262 e. The second-order valence-corrected chi connectivity index (χ2v) is 7.19. The van der Waals surface area contributed by atoms with Crippen molar-refractivity contribution in [1.29, 1.82) is 0 Å². The molecule has 0 spiro atoms. The molecule has 0 bridgehead atoms. The van der Waals surface area contributed by atoms with E-state index in [4.69, 9.17) is 4.74 Å². The Morgan fingerprint density at radius 1 is 1.18 bits per heavy atom. The highest BCUT2D eigenvalue weighted by Gasteiger charge is 2.13. The number of benzene rings is 2. The molecule has 3 aromatic rings. The number of amides is 1. The van der Waals surface area contributed by atoms with Gasteiger partial charge in [-0.1, -0.05) is 43.0 Å². The fourth-order valence-corrected chi connectivity index (χ4v) is 3.61. The van der Waals surface area contributed by atoms with Crippen LogP contribution >= 0.6 is 11.8 Å². The molecular formula is C21H23N3O3S. The molecule has 0 saturated heterocycles. The molecule has 28 heavy (non-hydrogen) atoms. The maximum atomic E-state index is 12.8. The number of hydrogen-bond acceptors (Lipinski definition) is 5. The number of anilines is 1. The third-order valence-electron chi connectivity index (χ3n) is 4.32. The summed E-state index contributed by atoms with van der Waals surface area (Å²) in [6.07, 6.45) is 0.955. The van der Waals surface area contributed by atoms with Gasteiger partial charge in [-0.25, -0.2) is 4.98 Å². The zero-order valence-corrected chi connectivity index (χ0v) is 16.8. The summed E-state index contributed by atoms with van der Waals surface area (Å²) in [5, 5.41) is 3.95. The van der Waals surface area contributed by atoms with Gasteiger partial charge >= 0.3 is 0 Å². The number of thioether (sulfide) groups is 1. The number of para-hydroxylation sites is 1. The molecule has 1 heterocycles. The Kier molecular flexibility index (Phi) is 6.84. The molecule has 7 heteroatoms. The number of hydrogen-bond donors (Lipinski definition) is 1. The summed E-state index contributed by atoms with van der Waals surface area (Å²) >= 11 is 1.25. The quantitative estimate of drug-likeness (QED) is 0.466. The van der Waals surface area contributed by atoms with E-state index in [0.29, 0.717) is 29.2 Å². The summed E-state index contributed by atoms with van der Waals surface area (Å²) in [6.45, 7) is 2.86. The number of fused-ring (bicyclic) bond motifs is 1. The summed E-state index contributed by atoms with van der Waals surface area (Å²) in [4.78, 5) is 29.7. The van der Waals surface area contributed by atoms with Gasteiger partial charge in [-0.05, 0) is 36.2 Å². The number of nitrogens with one attached hydrogen (secondary N) is 1. The normalized spacial score (nSPS) is 10.9. The van der Waals surface area contributed by atoms with Crippen molar-refractivity contribution in [3.05, 3.63) is 64.4 Å². The molecule has 1 amide bonds. The van der Waals surface area contributed by atoms with Crippen molar-refractivity contribution >= 4 is 34.3 Å². The molecule has 1 N–H and O–H groups in total. The van der Waals surface area contributed by atoms with Crippen LogP contribution in [0.25, 0.3) is 10.9 Å². The van der Waals surface area contributed by atoms with E-state index in [1.54, 1.807) is 23.8 Å². The van der Waals surface area contributed by atoms with Gasteiger partial charge in [-0.3, -0.25) is 14.2 Å². The molecule has 146 valence electrons. The van der Waals surface area contributed by atoms with Gasteiger partial charge in [0.2, 0.25) is 5.91 Å². The van der Waals surface area contributed by atoms with Crippen molar-refractivity contribution in [2.24, 2.45) is 0 Å². The first-order valence-corrected chi connectivity index (χ1v) is 10.1. The standard InChI is InChI=1S/C21H23N3O3S/c1-3-15-8-10-16(11-9-15)22-19(25)14-28-21-23-18-7-5-4-6-17(18)20(26)24(21)12-13-27-2/h4-11H,3,12-14H2,1-2H3,(H,22,25). The minimum Gasteiger partial charge on any atom is -0.383 e. The third kappa shape index (κ3) is 4.79. The average molecular weight is 398 g/mol. The molecule has 0 aliphatic carbocycles. The highest BCUT2D eigenvalue weighted by atomic mass is 32.2. The molecule has 1 aromatic heterocycles. The number of nitrogens with zero attached hydrogens (tertiary/aromatic N) is 2. The lowest BCUT2D eigenvalue weighted by atomic mass is 10.1. The molecule has 0 aliphatic heterocycles. The molecule has 6 nitrogen and oxygen atoms in total. The highest BCUT2D eigenvalue weighted by molar-refractivity contribution is 7.99. The summed E-state index contributed by atoms with van der Waals surface area (Å²) < 4.78 is 6.68. The van der Waals surface area contributed by atoms with Crippen molar-refractivity contribution < 1.29 is 9.53 Å². The van der Waals surface area contributed by atoms with Crippen LogP contribution in [0.3, 0.4) is 0 Å². The minimum absolute atomic E-state index is 0.124. The number of carbonyl (C=O) groups excluding carboxylic acids is 1. The fourth-order valence-electron chi connectivity index (χ4n) is 2.79. The Morgan fingerprint density at radius 3 is 2.64 bits per heavy atom. The number of carbonyl (C=O) groups is 1. The molecule has 0 unspecified atom stereocenters. The average Bonchev–Trinajstić information content (AvgIpc) is 2.72. The largest absolute Gasteiger partial charge is 0.383 e. The molecule has 0 aliphatic rings. The Labute approximate surface area is 167 Å². The van der Waals surface area contributed by atoms with Crippen LogP contribution in [-0.4, -0.2) is 34.9 Å². The van der Waals surface area contributed by atoms with E-state index >= 15 is 0 Å². The van der Waals surface area contributed by atoms with Gasteiger partial charge in [0.1, 0.15) is 0 Å². The highest BCUT2D eigenvalue weighted by Crippen LogP contribution is 2.18. The second kappa shape index (κ2) is 9.52. The van der Waals surface area contributed by atoms with Crippen LogP contribution in [-0.2, 0) is 22.5 Å². The van der Waals surface area contributed by atoms with Crippen LogP contribution in [0.1, 0.15) is 12.5 Å². The summed E-state index contributed by atoms with van der Waals surface area (Å²) in [7, 11) is 1.59. The topological polar surface area (TPSA) is 73.2 Å². The van der Waals surface area contributed by atoms with Crippen molar-refractivity contribution in [3.63, 3.8) is 0 Å². The van der Waals surface area contributed by atoms with Gasteiger partial charge in [0.05, 0.1) is 29.8 Å². The SMILES string of the molecule is CCc1ccc(NC(=O)CSc2nc3ccccc3c(=O)n2CCOC)cc1. The minimum atomic E-state index is -0.144. The van der Waals surface area contributed by atoms with E-state index in [1.807, 2.05) is 36.4 Å². The zero-order chi connectivity index (χ0) is 19.9. The van der Waals surface area contributed by atoms with Gasteiger partial charge in [0.25, 0.3) is 5.56 Å². The van der Waals surface area contributed by atoms with E-state index < -0.39 is 0 Å². The van der Waals surface area contributed by atoms with Gasteiger partial charge in [-0.2, -0.15) is 0 Å². The number of rotatable bonds is 8. The molecule has 0 atom stereocenters. The van der Waals surface area contributed by atoms with Crippen LogP contribution in [0.4, 0.5) is 5.69 Å². The van der Waals surface area contributed by atoms with Crippen LogP contribution in [0.15, 0.2) is 58.5 Å². The molecule has 0 saturated carbocycles. The van der Waals surface area contributed by atoms with Crippen LogP contribution in [0.5, 0.6) is 0 Å². The Morgan fingerprint density at radius 2 is 1.93 bits per heavy atom. The van der Waals surface area contributed by atoms with Crippen LogP contribution < -0.4 is 10.9 Å². The van der Waals surface area contributed by atoms with Crippen molar-refractivity contribution in [2.45, 2.75) is 25.0 Å². The monoisotopic (exact) mass is 397 g/mol. The Hall–Kier alpha value is -2.64. The third-order valence-corrected chi connectivity index (χ3v) is 5.30. The molecule has 0 radical (unpaired) electrons. The zero-order valence-electron chi connectivity index (χ0n) is 16.0. The van der Waals surface area contributed by atoms with E-state index in [2.05, 4.69) is 17.2 Å². The summed E-state index contributed by atoms with van der Waals surface area (Å²) in [5.74, 6) is 0.0164. The summed E-state index contributed by atoms with van der Waals surface area (Å²) in [6, 6.07) is 15.0. The van der Waals surface area contributed by atoms with Gasteiger partial charge in [0.15, 0.2) is 5.16 Å². The number of ether oxygens (including phenoxy) is 1. The lowest BCUT2D eigenvalue weighted by Crippen LogP contribution is -2.26. The predicted octanol–water partition coefficient (Wildman–Crippen LogP) is 3.34. The van der Waals surface area contributed by atoms with Crippen LogP contribution in [0.2, 0.25) is 0 Å². The van der Waals surface area contributed by atoms with E-state index in [-0.39, 0.29) is 17.2 Å². The fraction of sp³-hybridized carbons (Fsp3) is 0.286. The molecule has 0 fully saturated rings. The number of aromatic nitrogens is 2. The Balaban J connectivity index is 1.76. The lowest BCUT2D eigenvalue weighted by Gasteiger charge is -2.13. The number of aryl methyl sites for hydroxylation is 1. The van der Waals surface area contributed by atoms with Gasteiger partial charge < -0.3 is 10.1 Å². The predicted molar refractivity (Wildman–Crippen MR) is 113 cm³/mol. The first-order valence-electron chi connectivity index (χ1n) is 9.12. The van der Waals surface area contributed by atoms with Gasteiger partial charge in [-0.15, -0.1) is 0 Å². The van der Waals surface area contributed by atoms with Crippen molar-refractivity contribution in [2.75, 3.05) is 24.8 Å². The van der Waals surface area contributed by atoms with E-state index in [0.717, 1.165) is 12.1 Å². The Bertz CT molecular complexity index is 1020. The van der Waals surface area contributed by atoms with Crippen LogP contribution in [0, 0.1) is 0 Å². The lowest BCUT2D eigenvalue weighted by molar-refractivity contribution is -0.113. The van der Waals surface area contributed by atoms with Crippen molar-refractivity contribution in [1.82, 2.24) is 9.55 Å². The first kappa shape index (κ1) is 20.1. The first-order chi connectivity index (χ1) is 13.6. The summed E-state index contributed by atoms with van der Waals surface area (Å²) in [5.41, 5.74) is 2.47. The molecule has 3 rings (SSSR count).